The normalized spacial score (nSPS) is 10.2. The number of hydrogen-bond donors (Lipinski definition) is 2. The molecule has 0 heterocycles. The molecule has 21 heavy (non-hydrogen) atoms. The molecule has 0 aliphatic heterocycles. The molecule has 5 nitrogen and oxygen atoms in total. The number of nitro benzene ring substituents is 1. The molecule has 2 aromatic rings. The van der Waals surface area contributed by atoms with E-state index in [2.05, 4.69) is 10.6 Å². The number of halogens is 1. The second-order valence-electron chi connectivity index (χ2n) is 4.52. The predicted molar refractivity (Wildman–Crippen MR) is 86.6 cm³/mol. The van der Waals surface area contributed by atoms with Gasteiger partial charge in [0.25, 0.3) is 0 Å². The van der Waals surface area contributed by atoms with Crippen LogP contribution in [0.4, 0.5) is 22.7 Å². The van der Waals surface area contributed by atoms with Gasteiger partial charge in [-0.1, -0.05) is 30.7 Å². The standard InChI is InChI=1S/C15H16ClN3O2/c1-2-9-17-13-7-4-8-14(15(13)19(20)21)18-12-6-3-5-11(16)10-12/h3-8,10,17-18H,2,9H2,1H3. The highest BCUT2D eigenvalue weighted by molar-refractivity contribution is 6.30. The van der Waals surface area contributed by atoms with Gasteiger partial charge >= 0.3 is 5.69 Å². The van der Waals surface area contributed by atoms with E-state index in [1.165, 1.54) is 0 Å². The molecule has 0 amide bonds. The maximum absolute atomic E-state index is 11.4. The van der Waals surface area contributed by atoms with E-state index in [0.29, 0.717) is 28.6 Å². The molecule has 0 saturated carbocycles. The topological polar surface area (TPSA) is 67.2 Å². The lowest BCUT2D eigenvalue weighted by molar-refractivity contribution is -0.383. The van der Waals surface area contributed by atoms with Gasteiger partial charge in [0.1, 0.15) is 11.4 Å². The molecule has 0 spiro atoms. The molecule has 0 unspecified atom stereocenters. The van der Waals surface area contributed by atoms with E-state index in [-0.39, 0.29) is 10.6 Å². The van der Waals surface area contributed by atoms with Crippen LogP contribution in [0.15, 0.2) is 42.5 Å². The van der Waals surface area contributed by atoms with Crippen LogP contribution in [0.1, 0.15) is 13.3 Å². The third-order valence-corrected chi connectivity index (χ3v) is 3.12. The van der Waals surface area contributed by atoms with Crippen LogP contribution < -0.4 is 10.6 Å². The number of nitrogens with zero attached hydrogens (tertiary/aromatic N) is 1. The summed E-state index contributed by atoms with van der Waals surface area (Å²) in [6.07, 6.45) is 0.892. The molecule has 0 saturated heterocycles. The van der Waals surface area contributed by atoms with Crippen LogP contribution in [-0.2, 0) is 0 Å². The fourth-order valence-electron chi connectivity index (χ4n) is 1.97. The maximum Gasteiger partial charge on any atom is 0.315 e. The van der Waals surface area contributed by atoms with Gasteiger partial charge in [-0.05, 0) is 36.8 Å². The predicted octanol–water partition coefficient (Wildman–Crippen LogP) is 4.81. The quantitative estimate of drug-likeness (QED) is 0.593. The number of rotatable bonds is 6. The van der Waals surface area contributed by atoms with Crippen molar-refractivity contribution in [3.8, 4) is 0 Å². The van der Waals surface area contributed by atoms with E-state index in [1.54, 1.807) is 36.4 Å². The molecule has 0 aliphatic rings. The minimum absolute atomic E-state index is 0.0333. The second-order valence-corrected chi connectivity index (χ2v) is 4.96. The van der Waals surface area contributed by atoms with Crippen LogP contribution in [0.3, 0.4) is 0 Å². The van der Waals surface area contributed by atoms with Crippen LogP contribution in [0.5, 0.6) is 0 Å². The number of benzene rings is 2. The molecule has 0 radical (unpaired) electrons. The van der Waals surface area contributed by atoms with Gasteiger partial charge in [-0.15, -0.1) is 0 Å². The molecule has 2 aromatic carbocycles. The van der Waals surface area contributed by atoms with Gasteiger partial charge in [-0.2, -0.15) is 0 Å². The van der Waals surface area contributed by atoms with Crippen molar-refractivity contribution in [2.75, 3.05) is 17.2 Å². The summed E-state index contributed by atoms with van der Waals surface area (Å²) in [7, 11) is 0. The first-order valence-electron chi connectivity index (χ1n) is 6.65. The molecule has 2 N–H and O–H groups in total. The van der Waals surface area contributed by atoms with Gasteiger partial charge in [-0.25, -0.2) is 0 Å². The number of nitrogens with one attached hydrogen (secondary N) is 2. The van der Waals surface area contributed by atoms with E-state index in [0.717, 1.165) is 6.42 Å². The lowest BCUT2D eigenvalue weighted by atomic mass is 10.2. The fraction of sp³-hybridized carbons (Fsp3) is 0.200. The van der Waals surface area contributed by atoms with Crippen molar-refractivity contribution in [2.45, 2.75) is 13.3 Å². The summed E-state index contributed by atoms with van der Waals surface area (Å²) < 4.78 is 0. The van der Waals surface area contributed by atoms with Gasteiger partial charge in [0, 0.05) is 17.3 Å². The summed E-state index contributed by atoms with van der Waals surface area (Å²) in [5.41, 5.74) is 1.68. The largest absolute Gasteiger partial charge is 0.379 e. The lowest BCUT2D eigenvalue weighted by Crippen LogP contribution is -2.05. The van der Waals surface area contributed by atoms with Crippen molar-refractivity contribution in [1.29, 1.82) is 0 Å². The first kappa shape index (κ1) is 15.1. The Morgan fingerprint density at radius 1 is 1.19 bits per heavy atom. The number of hydrogen-bond acceptors (Lipinski definition) is 4. The lowest BCUT2D eigenvalue weighted by Gasteiger charge is -2.11. The fourth-order valence-corrected chi connectivity index (χ4v) is 2.16. The van der Waals surface area contributed by atoms with E-state index in [9.17, 15) is 10.1 Å². The Kier molecular flexibility index (Phi) is 5.00. The highest BCUT2D eigenvalue weighted by Crippen LogP contribution is 2.35. The smallest absolute Gasteiger partial charge is 0.315 e. The van der Waals surface area contributed by atoms with Gasteiger partial charge in [0.05, 0.1) is 4.92 Å². The summed E-state index contributed by atoms with van der Waals surface area (Å²) >= 11 is 5.93. The van der Waals surface area contributed by atoms with Crippen molar-refractivity contribution >= 4 is 34.4 Å². The van der Waals surface area contributed by atoms with Crippen molar-refractivity contribution in [1.82, 2.24) is 0 Å². The maximum atomic E-state index is 11.4. The molecule has 2 rings (SSSR count). The minimum atomic E-state index is -0.384. The average Bonchev–Trinajstić information content (AvgIpc) is 2.45. The van der Waals surface area contributed by atoms with Crippen molar-refractivity contribution in [2.24, 2.45) is 0 Å². The zero-order valence-electron chi connectivity index (χ0n) is 11.6. The van der Waals surface area contributed by atoms with Crippen LogP contribution in [0.2, 0.25) is 5.02 Å². The Hall–Kier alpha value is -2.27. The van der Waals surface area contributed by atoms with E-state index in [4.69, 9.17) is 11.6 Å². The number of para-hydroxylation sites is 1. The third-order valence-electron chi connectivity index (χ3n) is 2.89. The minimum Gasteiger partial charge on any atom is -0.379 e. The van der Waals surface area contributed by atoms with E-state index >= 15 is 0 Å². The third kappa shape index (κ3) is 3.86. The average molecular weight is 306 g/mol. The number of nitro groups is 1. The van der Waals surface area contributed by atoms with E-state index < -0.39 is 0 Å². The molecule has 6 heteroatoms. The van der Waals surface area contributed by atoms with Crippen LogP contribution in [0.25, 0.3) is 0 Å². The summed E-state index contributed by atoms with van der Waals surface area (Å²) in [5, 5.41) is 18.1. The van der Waals surface area contributed by atoms with Crippen LogP contribution in [-0.4, -0.2) is 11.5 Å². The Balaban J connectivity index is 2.36. The molecule has 0 fully saturated rings. The van der Waals surface area contributed by atoms with Crippen molar-refractivity contribution < 1.29 is 4.92 Å². The van der Waals surface area contributed by atoms with E-state index in [1.807, 2.05) is 13.0 Å². The summed E-state index contributed by atoms with van der Waals surface area (Å²) in [6, 6.07) is 12.2. The molecule has 0 aromatic heterocycles. The van der Waals surface area contributed by atoms with Gasteiger partial charge in [0.15, 0.2) is 0 Å². The zero-order valence-corrected chi connectivity index (χ0v) is 12.4. The second kappa shape index (κ2) is 6.95. The monoisotopic (exact) mass is 305 g/mol. The van der Waals surface area contributed by atoms with Crippen LogP contribution >= 0.6 is 11.6 Å². The van der Waals surface area contributed by atoms with Gasteiger partial charge < -0.3 is 10.6 Å². The first-order chi connectivity index (χ1) is 10.1. The van der Waals surface area contributed by atoms with Crippen LogP contribution in [0, 0.1) is 10.1 Å². The Labute approximate surface area is 128 Å². The summed E-state index contributed by atoms with van der Waals surface area (Å²) in [6.45, 7) is 2.69. The van der Waals surface area contributed by atoms with Gasteiger partial charge in [0.2, 0.25) is 0 Å². The summed E-state index contributed by atoms with van der Waals surface area (Å²) in [5.74, 6) is 0. The SMILES string of the molecule is CCCNc1cccc(Nc2cccc(Cl)c2)c1[N+](=O)[O-]. The van der Waals surface area contributed by atoms with Crippen molar-refractivity contribution in [3.05, 3.63) is 57.6 Å². The first-order valence-corrected chi connectivity index (χ1v) is 7.03. The zero-order chi connectivity index (χ0) is 15.2. The molecular weight excluding hydrogens is 290 g/mol. The Morgan fingerprint density at radius 3 is 2.57 bits per heavy atom. The number of anilines is 3. The molecule has 0 aliphatic carbocycles. The van der Waals surface area contributed by atoms with Crippen molar-refractivity contribution in [3.63, 3.8) is 0 Å². The molecule has 0 bridgehead atoms. The molecular formula is C15H16ClN3O2. The Morgan fingerprint density at radius 2 is 1.90 bits per heavy atom. The highest BCUT2D eigenvalue weighted by atomic mass is 35.5. The Bertz CT molecular complexity index is 647. The summed E-state index contributed by atoms with van der Waals surface area (Å²) in [4.78, 5) is 11.0. The molecule has 0 atom stereocenters. The highest BCUT2D eigenvalue weighted by Gasteiger charge is 2.19. The molecule has 110 valence electrons. The van der Waals surface area contributed by atoms with Gasteiger partial charge in [-0.3, -0.25) is 10.1 Å².